The fourth-order valence-corrected chi connectivity index (χ4v) is 1.86. The summed E-state index contributed by atoms with van der Waals surface area (Å²) >= 11 is 0. The van der Waals surface area contributed by atoms with E-state index < -0.39 is 0 Å². The Morgan fingerprint density at radius 1 is 1.11 bits per heavy atom. The van der Waals surface area contributed by atoms with E-state index >= 15 is 0 Å². The van der Waals surface area contributed by atoms with E-state index in [1.54, 1.807) is 30.3 Å². The summed E-state index contributed by atoms with van der Waals surface area (Å²) in [6.45, 7) is 2.39. The van der Waals surface area contributed by atoms with E-state index in [-0.39, 0.29) is 18.0 Å². The number of para-hydroxylation sites is 1. The van der Waals surface area contributed by atoms with Crippen molar-refractivity contribution in [2.75, 3.05) is 6.61 Å². The smallest absolute Gasteiger partial charge is 0.170 e. The molecule has 2 aromatic rings. The molecule has 0 radical (unpaired) electrons. The highest BCUT2D eigenvalue weighted by Gasteiger charge is 2.12. The fourth-order valence-electron chi connectivity index (χ4n) is 1.86. The maximum absolute atomic E-state index is 12.8. The van der Waals surface area contributed by atoms with Crippen LogP contribution < -0.4 is 4.74 Å². The van der Waals surface area contributed by atoms with Gasteiger partial charge in [-0.2, -0.15) is 0 Å². The summed E-state index contributed by atoms with van der Waals surface area (Å²) < 4.78 is 18.2. The minimum Gasteiger partial charge on any atom is -0.493 e. The van der Waals surface area contributed by atoms with Crippen LogP contribution in [0.1, 0.15) is 22.8 Å². The summed E-state index contributed by atoms with van der Waals surface area (Å²) in [5.74, 6) is 0.263. The van der Waals surface area contributed by atoms with Gasteiger partial charge in [-0.15, -0.1) is 0 Å². The van der Waals surface area contributed by atoms with Crippen molar-refractivity contribution in [3.63, 3.8) is 0 Å². The van der Waals surface area contributed by atoms with Gasteiger partial charge in [-0.05, 0) is 36.8 Å². The van der Waals surface area contributed by atoms with Crippen molar-refractivity contribution >= 4 is 5.78 Å². The molecule has 0 amide bonds. The Morgan fingerprint density at radius 3 is 2.47 bits per heavy atom. The summed E-state index contributed by atoms with van der Waals surface area (Å²) in [5.41, 5.74) is 1.35. The number of Topliss-reactive ketones (excluding diaryl/α,β-unsaturated/α-hetero) is 1. The van der Waals surface area contributed by atoms with Gasteiger partial charge in [0.2, 0.25) is 0 Å². The van der Waals surface area contributed by atoms with Gasteiger partial charge in [-0.25, -0.2) is 4.39 Å². The monoisotopic (exact) mass is 258 g/mol. The van der Waals surface area contributed by atoms with Gasteiger partial charge in [-0.1, -0.05) is 24.3 Å². The molecule has 0 aliphatic carbocycles. The van der Waals surface area contributed by atoms with Crippen molar-refractivity contribution in [2.24, 2.45) is 0 Å². The number of ketones is 1. The highest BCUT2D eigenvalue weighted by atomic mass is 19.1. The van der Waals surface area contributed by atoms with Crippen LogP contribution in [0.25, 0.3) is 0 Å². The maximum Gasteiger partial charge on any atom is 0.170 e. The largest absolute Gasteiger partial charge is 0.493 e. The van der Waals surface area contributed by atoms with Gasteiger partial charge < -0.3 is 4.74 Å². The number of carbonyl (C=O) groups is 1. The van der Waals surface area contributed by atoms with Crippen molar-refractivity contribution < 1.29 is 13.9 Å². The first-order valence-electron chi connectivity index (χ1n) is 6.20. The Hall–Kier alpha value is -2.16. The fraction of sp³-hybridized carbons (Fsp3) is 0.188. The number of benzene rings is 2. The second kappa shape index (κ2) is 6.14. The molecule has 2 nitrogen and oxygen atoms in total. The molecule has 98 valence electrons. The molecule has 0 saturated heterocycles. The van der Waals surface area contributed by atoms with Gasteiger partial charge in [0.25, 0.3) is 0 Å². The summed E-state index contributed by atoms with van der Waals surface area (Å²) in [6, 6.07) is 13.1. The summed E-state index contributed by atoms with van der Waals surface area (Å²) in [7, 11) is 0. The van der Waals surface area contributed by atoms with Gasteiger partial charge in [0.05, 0.1) is 12.2 Å². The van der Waals surface area contributed by atoms with Gasteiger partial charge in [-0.3, -0.25) is 4.79 Å². The first-order valence-corrected chi connectivity index (χ1v) is 6.20. The molecule has 2 aromatic carbocycles. The number of hydrogen-bond acceptors (Lipinski definition) is 2. The molecule has 0 saturated carbocycles. The standard InChI is InChI=1S/C16H15FO2/c1-2-19-16-6-4-3-5-14(16)15(18)11-12-7-9-13(17)10-8-12/h3-10H,2,11H2,1H3. The second-order valence-electron chi connectivity index (χ2n) is 4.16. The lowest BCUT2D eigenvalue weighted by molar-refractivity contribution is 0.0989. The Kier molecular flexibility index (Phi) is 4.29. The average molecular weight is 258 g/mol. The lowest BCUT2D eigenvalue weighted by Gasteiger charge is -2.09. The third-order valence-corrected chi connectivity index (χ3v) is 2.77. The average Bonchev–Trinajstić information content (AvgIpc) is 2.42. The van der Waals surface area contributed by atoms with Crippen molar-refractivity contribution in [2.45, 2.75) is 13.3 Å². The Labute approximate surface area is 111 Å². The zero-order chi connectivity index (χ0) is 13.7. The number of carbonyl (C=O) groups excluding carboxylic acids is 1. The molecule has 0 aliphatic heterocycles. The molecule has 3 heteroatoms. The summed E-state index contributed by atoms with van der Waals surface area (Å²) in [5, 5.41) is 0. The van der Waals surface area contributed by atoms with Crippen molar-refractivity contribution in [1.29, 1.82) is 0 Å². The molecule has 0 aromatic heterocycles. The van der Waals surface area contributed by atoms with Crippen molar-refractivity contribution in [1.82, 2.24) is 0 Å². The van der Waals surface area contributed by atoms with Gasteiger partial charge in [0.1, 0.15) is 11.6 Å². The van der Waals surface area contributed by atoms with Crippen LogP contribution in [0.15, 0.2) is 48.5 Å². The van der Waals surface area contributed by atoms with Crippen LogP contribution in [-0.2, 0) is 6.42 Å². The molecule has 2 rings (SSSR count). The number of hydrogen-bond donors (Lipinski definition) is 0. The Bertz CT molecular complexity index is 561. The Morgan fingerprint density at radius 2 is 1.79 bits per heavy atom. The summed E-state index contributed by atoms with van der Waals surface area (Å²) in [4.78, 5) is 12.2. The predicted octanol–water partition coefficient (Wildman–Crippen LogP) is 3.65. The van der Waals surface area contributed by atoms with Crippen molar-refractivity contribution in [3.05, 3.63) is 65.5 Å². The molecular weight excluding hydrogens is 243 g/mol. The van der Waals surface area contributed by atoms with Crippen LogP contribution in [-0.4, -0.2) is 12.4 Å². The summed E-state index contributed by atoms with van der Waals surface area (Å²) in [6.07, 6.45) is 0.240. The van der Waals surface area contributed by atoms with Gasteiger partial charge in [0, 0.05) is 6.42 Å². The van der Waals surface area contributed by atoms with E-state index in [0.717, 1.165) is 5.56 Å². The lowest BCUT2D eigenvalue weighted by atomic mass is 10.0. The van der Waals surface area contributed by atoms with Crippen LogP contribution >= 0.6 is 0 Å². The van der Waals surface area contributed by atoms with Gasteiger partial charge >= 0.3 is 0 Å². The van der Waals surface area contributed by atoms with E-state index in [4.69, 9.17) is 4.74 Å². The van der Waals surface area contributed by atoms with Crippen molar-refractivity contribution in [3.8, 4) is 5.75 Å². The van der Waals surface area contributed by atoms with Gasteiger partial charge in [0.15, 0.2) is 5.78 Å². The van der Waals surface area contributed by atoms with E-state index in [1.165, 1.54) is 12.1 Å². The molecule has 0 aliphatic rings. The molecule has 0 bridgehead atoms. The molecule has 0 heterocycles. The lowest BCUT2D eigenvalue weighted by Crippen LogP contribution is -2.06. The molecule has 19 heavy (non-hydrogen) atoms. The predicted molar refractivity (Wildman–Crippen MR) is 72.0 cm³/mol. The normalized spacial score (nSPS) is 10.2. The third-order valence-electron chi connectivity index (χ3n) is 2.77. The maximum atomic E-state index is 12.8. The van der Waals surface area contributed by atoms with Crippen LogP contribution in [0, 0.1) is 5.82 Å². The first-order chi connectivity index (χ1) is 9.20. The number of ether oxygens (including phenoxy) is 1. The van der Waals surface area contributed by atoms with E-state index in [0.29, 0.717) is 17.9 Å². The number of halogens is 1. The molecule has 0 atom stereocenters. The van der Waals surface area contributed by atoms with Crippen LogP contribution in [0.3, 0.4) is 0 Å². The Balaban J connectivity index is 2.18. The second-order valence-corrected chi connectivity index (χ2v) is 4.16. The third kappa shape index (κ3) is 3.41. The molecule has 0 fully saturated rings. The quantitative estimate of drug-likeness (QED) is 0.765. The van der Waals surface area contributed by atoms with Crippen LogP contribution in [0.2, 0.25) is 0 Å². The highest BCUT2D eigenvalue weighted by Crippen LogP contribution is 2.20. The minimum atomic E-state index is -0.300. The zero-order valence-electron chi connectivity index (χ0n) is 10.7. The van der Waals surface area contributed by atoms with Crippen LogP contribution in [0.4, 0.5) is 4.39 Å². The molecule has 0 N–H and O–H groups in total. The topological polar surface area (TPSA) is 26.3 Å². The number of rotatable bonds is 5. The first kappa shape index (κ1) is 13.3. The molecular formula is C16H15FO2. The van der Waals surface area contributed by atoms with E-state index in [9.17, 15) is 9.18 Å². The molecule has 0 spiro atoms. The van der Waals surface area contributed by atoms with E-state index in [2.05, 4.69) is 0 Å². The van der Waals surface area contributed by atoms with E-state index in [1.807, 2.05) is 13.0 Å². The SMILES string of the molecule is CCOc1ccccc1C(=O)Cc1ccc(F)cc1. The minimum absolute atomic E-state index is 0.0318. The van der Waals surface area contributed by atoms with Crippen LogP contribution in [0.5, 0.6) is 5.75 Å². The molecule has 0 unspecified atom stereocenters. The zero-order valence-corrected chi connectivity index (χ0v) is 10.7. The highest BCUT2D eigenvalue weighted by molar-refractivity contribution is 5.99.